The van der Waals surface area contributed by atoms with E-state index in [2.05, 4.69) is 252 Å². The van der Waals surface area contributed by atoms with E-state index < -0.39 is 0 Å². The fourth-order valence-electron chi connectivity index (χ4n) is 9.25. The van der Waals surface area contributed by atoms with Crippen LogP contribution in [0.3, 0.4) is 0 Å². The summed E-state index contributed by atoms with van der Waals surface area (Å²) in [5.74, 6) is 1.22. The first-order valence-corrected chi connectivity index (χ1v) is 21.6. The summed E-state index contributed by atoms with van der Waals surface area (Å²) in [5.41, 5.74) is 16.1. The number of anilines is 3. The number of aryl methyl sites for hydroxylation is 1. The fourth-order valence-corrected chi connectivity index (χ4v) is 9.25. The molecule has 0 aliphatic rings. The third-order valence-corrected chi connectivity index (χ3v) is 12.2. The number of nitrogens with zero attached hydrogens (tertiary/aromatic N) is 5. The van der Waals surface area contributed by atoms with Crippen molar-refractivity contribution in [3.8, 4) is 44.9 Å². The Bertz CT molecular complexity index is 3400. The summed E-state index contributed by atoms with van der Waals surface area (Å²) in [6, 6.07) is 77.0. The third kappa shape index (κ3) is 7.12. The van der Waals surface area contributed by atoms with Crippen LogP contribution >= 0.6 is 0 Å². The van der Waals surface area contributed by atoms with E-state index in [0.717, 1.165) is 89.2 Å². The largest absolute Gasteiger partial charge is 0.357 e. The topological polar surface area (TPSA) is 30.9 Å². The Morgan fingerprint density at radius 2 is 1.14 bits per heavy atom. The van der Waals surface area contributed by atoms with Gasteiger partial charge in [0, 0.05) is 68.8 Å². The molecule has 0 N–H and O–H groups in total. The Morgan fingerprint density at radius 3 is 1.88 bits per heavy atom. The van der Waals surface area contributed by atoms with Gasteiger partial charge in [0.05, 0.1) is 5.69 Å². The maximum absolute atomic E-state index is 5.07. The van der Waals surface area contributed by atoms with Crippen molar-refractivity contribution in [1.29, 1.82) is 0 Å². The van der Waals surface area contributed by atoms with Crippen molar-refractivity contribution in [3.63, 3.8) is 0 Å². The number of pyridine rings is 1. The quantitative estimate of drug-likeness (QED) is 0.135. The van der Waals surface area contributed by atoms with Gasteiger partial charge in [-0.25, -0.2) is 14.1 Å². The first kappa shape index (κ1) is 40.7. The van der Waals surface area contributed by atoms with Gasteiger partial charge in [0.15, 0.2) is 17.4 Å². The molecule has 0 bridgehead atoms. The van der Waals surface area contributed by atoms with E-state index in [4.69, 9.17) is 4.98 Å². The molecule has 0 atom stereocenters. The summed E-state index contributed by atoms with van der Waals surface area (Å²) in [5, 5.41) is 2.25. The molecular formula is C58H44N5Pt-. The van der Waals surface area contributed by atoms with Crippen LogP contribution in [0.1, 0.15) is 25.3 Å². The van der Waals surface area contributed by atoms with E-state index in [-0.39, 0.29) is 21.1 Å². The van der Waals surface area contributed by atoms with Crippen molar-refractivity contribution in [1.82, 2.24) is 18.7 Å². The summed E-state index contributed by atoms with van der Waals surface area (Å²) in [4.78, 5) is 7.42. The summed E-state index contributed by atoms with van der Waals surface area (Å²) < 4.78 is 6.66. The molecular weight excluding hydrogens is 962 g/mol. The maximum atomic E-state index is 5.07. The Morgan fingerprint density at radius 1 is 0.531 bits per heavy atom. The minimum Gasteiger partial charge on any atom is -0.357 e. The van der Waals surface area contributed by atoms with Gasteiger partial charge in [0.2, 0.25) is 0 Å². The van der Waals surface area contributed by atoms with E-state index in [1.807, 2.05) is 6.20 Å². The van der Waals surface area contributed by atoms with Crippen molar-refractivity contribution >= 4 is 49.9 Å². The summed E-state index contributed by atoms with van der Waals surface area (Å²) in [7, 11) is 2.09. The molecule has 5 nitrogen and oxygen atoms in total. The monoisotopic (exact) mass is 1010 g/mol. The van der Waals surface area contributed by atoms with Crippen LogP contribution in [0.2, 0.25) is 0 Å². The van der Waals surface area contributed by atoms with Gasteiger partial charge in [-0.2, -0.15) is 12.1 Å². The van der Waals surface area contributed by atoms with Gasteiger partial charge in [-0.15, -0.1) is 29.7 Å². The molecule has 11 rings (SSSR count). The smallest absolute Gasteiger partial charge is 0.188 e. The van der Waals surface area contributed by atoms with Gasteiger partial charge < -0.3 is 9.47 Å². The van der Waals surface area contributed by atoms with Crippen LogP contribution in [0.15, 0.2) is 207 Å². The van der Waals surface area contributed by atoms with E-state index in [1.54, 1.807) is 0 Å². The average molecular weight is 1010 g/mol. The molecule has 0 saturated heterocycles. The molecule has 0 saturated carbocycles. The van der Waals surface area contributed by atoms with Crippen LogP contribution < -0.4 is 4.90 Å². The minimum absolute atomic E-state index is 0. The van der Waals surface area contributed by atoms with Gasteiger partial charge in [-0.1, -0.05) is 158 Å². The van der Waals surface area contributed by atoms with Crippen LogP contribution in [0.4, 0.5) is 17.1 Å². The first-order chi connectivity index (χ1) is 31.0. The molecule has 0 fully saturated rings. The molecule has 64 heavy (non-hydrogen) atoms. The molecule has 0 radical (unpaired) electrons. The fraction of sp³-hybridized carbons (Fsp3) is 0.0690. The summed E-state index contributed by atoms with van der Waals surface area (Å²) >= 11 is 0. The molecule has 6 heteroatoms. The van der Waals surface area contributed by atoms with E-state index in [9.17, 15) is 0 Å². The molecule has 312 valence electrons. The first-order valence-electron chi connectivity index (χ1n) is 21.6. The van der Waals surface area contributed by atoms with Gasteiger partial charge in [-0.05, 0) is 69.5 Å². The molecule has 11 aromatic rings. The Balaban J connectivity index is 0.00000484. The van der Waals surface area contributed by atoms with E-state index in [1.165, 1.54) is 11.1 Å². The van der Waals surface area contributed by atoms with Crippen LogP contribution in [0.25, 0.3) is 77.7 Å². The van der Waals surface area contributed by atoms with Crippen LogP contribution in [-0.4, -0.2) is 18.7 Å². The molecule has 0 aliphatic heterocycles. The van der Waals surface area contributed by atoms with Crippen molar-refractivity contribution < 1.29 is 21.1 Å². The number of fused-ring (bicyclic) bond motifs is 4. The number of benzene rings is 8. The molecule has 0 amide bonds. The van der Waals surface area contributed by atoms with Crippen molar-refractivity contribution in [2.45, 2.75) is 19.8 Å². The van der Waals surface area contributed by atoms with E-state index >= 15 is 0 Å². The zero-order valence-corrected chi connectivity index (χ0v) is 38.0. The van der Waals surface area contributed by atoms with E-state index in [0.29, 0.717) is 5.92 Å². The summed E-state index contributed by atoms with van der Waals surface area (Å²) in [6.45, 7) is 4.51. The second-order valence-corrected chi connectivity index (χ2v) is 16.4. The number of hydrogen-bond acceptors (Lipinski definition) is 2. The zero-order chi connectivity index (χ0) is 42.4. The zero-order valence-electron chi connectivity index (χ0n) is 35.8. The molecule has 0 unspecified atom stereocenters. The second-order valence-electron chi connectivity index (χ2n) is 16.4. The second kappa shape index (κ2) is 17.1. The van der Waals surface area contributed by atoms with Crippen LogP contribution in [-0.2, 0) is 28.1 Å². The van der Waals surface area contributed by atoms with Crippen LogP contribution in [0.5, 0.6) is 0 Å². The molecule has 3 heterocycles. The van der Waals surface area contributed by atoms with Crippen LogP contribution in [0, 0.1) is 12.1 Å². The minimum atomic E-state index is 0. The number of imidazole rings is 1. The van der Waals surface area contributed by atoms with Crippen molar-refractivity contribution in [2.75, 3.05) is 4.90 Å². The standard InChI is InChI=1S/C58H44N5.Pt/c1-40(2)47-24-10-11-25-48(47)43-34-35-59-57(36-43)63-53-29-13-12-26-51(53)52-33-32-46(38-56(52)63)62(45-23-16-22-44(37-45)61-39-60(3)54-30-14-15-31-55(54)61)58-49(41-18-6-4-7-19-41)27-17-28-50(58)42-20-8-5-9-21-42;/h4-36,39-40H,1-3H3;/q-1;. The predicted octanol–water partition coefficient (Wildman–Crippen LogP) is 14.9. The number of rotatable bonds is 9. The normalized spacial score (nSPS) is 11.4. The van der Waals surface area contributed by atoms with Gasteiger partial charge in [-0.3, -0.25) is 0 Å². The van der Waals surface area contributed by atoms with Gasteiger partial charge >= 0.3 is 0 Å². The van der Waals surface area contributed by atoms with Gasteiger partial charge in [0.25, 0.3) is 0 Å². The van der Waals surface area contributed by atoms with Crippen molar-refractivity contribution in [2.24, 2.45) is 7.05 Å². The average Bonchev–Trinajstić information content (AvgIpc) is 3.86. The number of hydrogen-bond donors (Lipinski definition) is 0. The molecule has 3 aromatic heterocycles. The summed E-state index contributed by atoms with van der Waals surface area (Å²) in [6.07, 6.45) is 4.07. The Hall–Kier alpha value is -7.33. The molecule has 8 aromatic carbocycles. The van der Waals surface area contributed by atoms with Gasteiger partial charge in [0.1, 0.15) is 5.82 Å². The number of para-hydroxylation sites is 4. The Kier molecular flexibility index (Phi) is 10.9. The predicted molar refractivity (Wildman–Crippen MR) is 262 cm³/mol. The Labute approximate surface area is 388 Å². The van der Waals surface area contributed by atoms with Crippen molar-refractivity contribution in [3.05, 3.63) is 224 Å². The number of aromatic nitrogens is 4. The molecule has 0 spiro atoms. The SMILES string of the molecule is CC(C)c1ccccc1-c1ccnc(-n2c3[c-]c(N(c4[c-]c(-n5[cH+]n(C)c6ccccc65)ccc4)c4c(-c5ccccc5)cccc4-c4ccccc4)ccc3c3ccccc32)c1.[Pt]. The third-order valence-electron chi connectivity index (χ3n) is 12.2. The molecule has 0 aliphatic carbocycles. The maximum Gasteiger partial charge on any atom is 0.188 e.